The van der Waals surface area contributed by atoms with Gasteiger partial charge in [0.05, 0.1) is 11.8 Å². The van der Waals surface area contributed by atoms with E-state index in [4.69, 9.17) is 0 Å². The van der Waals surface area contributed by atoms with Crippen LogP contribution in [-0.2, 0) is 11.3 Å². The summed E-state index contributed by atoms with van der Waals surface area (Å²) in [4.78, 5) is 20.9. The molecule has 1 atom stereocenters. The Morgan fingerprint density at radius 3 is 3.00 bits per heavy atom. The summed E-state index contributed by atoms with van der Waals surface area (Å²) < 4.78 is 1.87. The van der Waals surface area contributed by atoms with E-state index in [1.54, 1.807) is 18.5 Å². The highest BCUT2D eigenvalue weighted by Gasteiger charge is 2.24. The monoisotopic (exact) mass is 396 g/mol. The van der Waals surface area contributed by atoms with Crippen LogP contribution in [0.15, 0.2) is 47.7 Å². The average Bonchev–Trinajstić information content (AvgIpc) is 3.28. The minimum absolute atomic E-state index is 0.110. The van der Waals surface area contributed by atoms with Crippen LogP contribution in [0, 0.1) is 18.3 Å². The molecule has 0 radical (unpaired) electrons. The van der Waals surface area contributed by atoms with Gasteiger partial charge in [-0.3, -0.25) is 14.3 Å². The third-order valence-electron chi connectivity index (χ3n) is 3.63. The van der Waals surface area contributed by atoms with E-state index in [9.17, 15) is 10.1 Å². The van der Waals surface area contributed by atoms with Gasteiger partial charge in [-0.25, -0.2) is 4.98 Å². The Hall–Kier alpha value is -2.83. The SMILES string of the molecule is C=CCn1c(SCC(=O)C(C#N)c2nc(C)cs2)nnc1-c1cccnc1. The summed E-state index contributed by atoms with van der Waals surface area (Å²) in [5.41, 5.74) is 1.64. The molecule has 0 aliphatic carbocycles. The van der Waals surface area contributed by atoms with Gasteiger partial charge in [0.25, 0.3) is 0 Å². The molecule has 0 aliphatic rings. The van der Waals surface area contributed by atoms with Crippen molar-refractivity contribution in [1.82, 2.24) is 24.7 Å². The quantitative estimate of drug-likeness (QED) is 0.426. The lowest BCUT2D eigenvalue weighted by molar-refractivity contribution is -0.116. The maximum absolute atomic E-state index is 12.5. The first kappa shape index (κ1) is 18.9. The number of allylic oxidation sites excluding steroid dienone is 1. The molecule has 0 N–H and O–H groups in total. The van der Waals surface area contributed by atoms with Crippen molar-refractivity contribution in [2.75, 3.05) is 5.75 Å². The molecule has 0 aromatic carbocycles. The van der Waals surface area contributed by atoms with E-state index in [-0.39, 0.29) is 11.5 Å². The van der Waals surface area contributed by atoms with E-state index in [0.717, 1.165) is 11.3 Å². The fourth-order valence-corrected chi connectivity index (χ4v) is 4.10. The second-order valence-corrected chi connectivity index (χ2v) is 7.42. The van der Waals surface area contributed by atoms with Crippen LogP contribution < -0.4 is 0 Å². The van der Waals surface area contributed by atoms with Crippen LogP contribution >= 0.6 is 23.1 Å². The van der Waals surface area contributed by atoms with Crippen LogP contribution in [0.2, 0.25) is 0 Å². The van der Waals surface area contributed by atoms with Crippen molar-refractivity contribution in [1.29, 1.82) is 5.26 Å². The summed E-state index contributed by atoms with van der Waals surface area (Å²) in [5, 5.41) is 20.8. The van der Waals surface area contributed by atoms with Gasteiger partial charge in [0, 0.05) is 35.6 Å². The standard InChI is InChI=1S/C18H16N6OS2/c1-3-7-24-16(13-5-4-6-20-9-13)22-23-18(24)27-11-15(25)14(8-19)17-21-12(2)10-26-17/h3-6,9-10,14H,1,7,11H2,2H3. The van der Waals surface area contributed by atoms with E-state index in [2.05, 4.69) is 32.8 Å². The maximum atomic E-state index is 12.5. The second kappa shape index (κ2) is 8.70. The molecule has 9 heteroatoms. The highest BCUT2D eigenvalue weighted by Crippen LogP contribution is 2.26. The number of nitriles is 1. The van der Waals surface area contributed by atoms with Crippen molar-refractivity contribution >= 4 is 28.9 Å². The number of rotatable bonds is 8. The van der Waals surface area contributed by atoms with Crippen molar-refractivity contribution in [3.63, 3.8) is 0 Å². The highest BCUT2D eigenvalue weighted by atomic mass is 32.2. The Kier molecular flexibility index (Phi) is 6.11. The van der Waals surface area contributed by atoms with Crippen molar-refractivity contribution in [2.24, 2.45) is 0 Å². The van der Waals surface area contributed by atoms with Gasteiger partial charge in [0.15, 0.2) is 22.7 Å². The third-order valence-corrected chi connectivity index (χ3v) is 5.64. The summed E-state index contributed by atoms with van der Waals surface area (Å²) in [6.45, 7) is 6.11. The van der Waals surface area contributed by atoms with E-state index >= 15 is 0 Å². The highest BCUT2D eigenvalue weighted by molar-refractivity contribution is 7.99. The van der Waals surface area contributed by atoms with Crippen LogP contribution in [0.3, 0.4) is 0 Å². The van der Waals surface area contributed by atoms with Crippen molar-refractivity contribution in [2.45, 2.75) is 24.5 Å². The molecule has 0 saturated heterocycles. The van der Waals surface area contributed by atoms with Gasteiger partial charge in [0.1, 0.15) is 5.01 Å². The first-order chi connectivity index (χ1) is 13.1. The molecular weight excluding hydrogens is 380 g/mol. The van der Waals surface area contributed by atoms with E-state index in [1.165, 1.54) is 23.1 Å². The first-order valence-electron chi connectivity index (χ1n) is 8.05. The number of hydrogen-bond acceptors (Lipinski definition) is 8. The number of carbonyl (C=O) groups is 1. The molecular formula is C18H16N6OS2. The normalized spacial score (nSPS) is 11.7. The summed E-state index contributed by atoms with van der Waals surface area (Å²) in [7, 11) is 0. The van der Waals surface area contributed by atoms with Gasteiger partial charge in [-0.1, -0.05) is 17.8 Å². The molecule has 0 bridgehead atoms. The van der Waals surface area contributed by atoms with Crippen LogP contribution in [0.25, 0.3) is 11.4 Å². The molecule has 0 spiro atoms. The number of pyridine rings is 1. The number of thioether (sulfide) groups is 1. The van der Waals surface area contributed by atoms with E-state index in [1.807, 2.05) is 29.0 Å². The van der Waals surface area contributed by atoms with Gasteiger partial charge in [0.2, 0.25) is 0 Å². The predicted octanol–water partition coefficient (Wildman–Crippen LogP) is 3.26. The van der Waals surface area contributed by atoms with Gasteiger partial charge in [-0.2, -0.15) is 5.26 Å². The zero-order valence-corrected chi connectivity index (χ0v) is 16.2. The molecule has 0 aliphatic heterocycles. The van der Waals surface area contributed by atoms with Gasteiger partial charge in [-0.05, 0) is 19.1 Å². The Morgan fingerprint density at radius 2 is 2.37 bits per heavy atom. The number of thiazole rings is 1. The molecule has 136 valence electrons. The zero-order chi connectivity index (χ0) is 19.2. The predicted molar refractivity (Wildman–Crippen MR) is 104 cm³/mol. The molecule has 0 saturated carbocycles. The summed E-state index contributed by atoms with van der Waals surface area (Å²) in [6, 6.07) is 5.78. The number of Topliss-reactive ketones (excluding diaryl/α,β-unsaturated/α-hetero) is 1. The molecule has 27 heavy (non-hydrogen) atoms. The zero-order valence-electron chi connectivity index (χ0n) is 14.6. The van der Waals surface area contributed by atoms with E-state index < -0.39 is 5.92 Å². The van der Waals surface area contributed by atoms with Crippen LogP contribution in [0.1, 0.15) is 16.6 Å². The lowest BCUT2D eigenvalue weighted by Gasteiger charge is -2.08. The Balaban J connectivity index is 1.77. The summed E-state index contributed by atoms with van der Waals surface area (Å²) >= 11 is 2.58. The number of aryl methyl sites for hydroxylation is 1. The molecule has 3 aromatic heterocycles. The fraction of sp³-hybridized carbons (Fsp3) is 0.222. The molecule has 3 aromatic rings. The Bertz CT molecular complexity index is 989. The summed E-state index contributed by atoms with van der Waals surface area (Å²) in [6.07, 6.45) is 5.14. The maximum Gasteiger partial charge on any atom is 0.192 e. The molecule has 3 rings (SSSR count). The Morgan fingerprint density at radius 1 is 1.52 bits per heavy atom. The van der Waals surface area contributed by atoms with Crippen LogP contribution in [0.5, 0.6) is 0 Å². The second-order valence-electron chi connectivity index (χ2n) is 5.59. The number of nitrogens with zero attached hydrogens (tertiary/aromatic N) is 6. The summed E-state index contributed by atoms with van der Waals surface area (Å²) in [5.74, 6) is -0.290. The van der Waals surface area contributed by atoms with Gasteiger partial charge in [-0.15, -0.1) is 28.1 Å². The average molecular weight is 397 g/mol. The number of aromatic nitrogens is 5. The first-order valence-corrected chi connectivity index (χ1v) is 9.92. The van der Waals surface area contributed by atoms with Gasteiger partial charge < -0.3 is 0 Å². The van der Waals surface area contributed by atoms with Gasteiger partial charge >= 0.3 is 0 Å². The number of carbonyl (C=O) groups excluding carboxylic acids is 1. The lowest BCUT2D eigenvalue weighted by Crippen LogP contribution is -2.14. The molecule has 0 amide bonds. The Labute approximate surface area is 164 Å². The van der Waals surface area contributed by atoms with E-state index in [0.29, 0.717) is 22.5 Å². The minimum atomic E-state index is -0.857. The van der Waals surface area contributed by atoms with Crippen molar-refractivity contribution in [3.05, 3.63) is 53.3 Å². The largest absolute Gasteiger partial charge is 0.298 e. The third kappa shape index (κ3) is 4.30. The van der Waals surface area contributed by atoms with Crippen molar-refractivity contribution < 1.29 is 4.79 Å². The minimum Gasteiger partial charge on any atom is -0.298 e. The number of hydrogen-bond donors (Lipinski definition) is 0. The van der Waals surface area contributed by atoms with Crippen molar-refractivity contribution in [3.8, 4) is 17.5 Å². The fourth-order valence-electron chi connectivity index (χ4n) is 2.39. The van der Waals surface area contributed by atoms with Crippen LogP contribution in [0.4, 0.5) is 0 Å². The number of ketones is 1. The molecule has 0 fully saturated rings. The topological polar surface area (TPSA) is 97.3 Å². The van der Waals surface area contributed by atoms with Crippen LogP contribution in [-0.4, -0.2) is 36.3 Å². The molecule has 1 unspecified atom stereocenters. The molecule has 3 heterocycles. The lowest BCUT2D eigenvalue weighted by atomic mass is 10.1. The smallest absolute Gasteiger partial charge is 0.192 e. The molecule has 7 nitrogen and oxygen atoms in total.